The summed E-state index contributed by atoms with van der Waals surface area (Å²) in [6.45, 7) is 3.13. The number of hydrogen-bond donors (Lipinski definition) is 2. The van der Waals surface area contributed by atoms with Crippen LogP contribution in [0.25, 0.3) is 0 Å². The van der Waals surface area contributed by atoms with Crippen LogP contribution in [-0.4, -0.2) is 26.4 Å². The molecule has 3 aromatic carbocycles. The van der Waals surface area contributed by atoms with Crippen LogP contribution in [0.1, 0.15) is 22.8 Å². The van der Waals surface area contributed by atoms with Gasteiger partial charge in [-0.3, -0.25) is 9.52 Å². The number of aryl methyl sites for hydroxylation is 1. The van der Waals surface area contributed by atoms with E-state index in [1.165, 1.54) is 31.2 Å². The summed E-state index contributed by atoms with van der Waals surface area (Å²) in [6.07, 6.45) is -1.33. The van der Waals surface area contributed by atoms with Crippen LogP contribution in [0.5, 0.6) is 0 Å². The quantitative estimate of drug-likeness (QED) is 0.499. The van der Waals surface area contributed by atoms with Gasteiger partial charge in [0.25, 0.3) is 15.9 Å². The minimum Gasteiger partial charge on any atom is -0.449 e. The number of halogens is 2. The Hall–Kier alpha value is -3.79. The van der Waals surface area contributed by atoms with Crippen molar-refractivity contribution >= 4 is 33.3 Å². The summed E-state index contributed by atoms with van der Waals surface area (Å²) >= 11 is 0. The molecule has 0 heterocycles. The molecule has 3 aromatic rings. The minimum absolute atomic E-state index is 0.000807. The first-order chi connectivity index (χ1) is 15.5. The first-order valence-electron chi connectivity index (χ1n) is 9.71. The van der Waals surface area contributed by atoms with Gasteiger partial charge in [0.05, 0.1) is 16.1 Å². The van der Waals surface area contributed by atoms with Crippen molar-refractivity contribution in [3.8, 4) is 0 Å². The van der Waals surface area contributed by atoms with Crippen LogP contribution in [0.2, 0.25) is 0 Å². The molecule has 0 fully saturated rings. The van der Waals surface area contributed by atoms with Crippen LogP contribution in [0.4, 0.5) is 20.2 Å². The van der Waals surface area contributed by atoms with Crippen LogP contribution in [0, 0.1) is 18.6 Å². The molecular formula is C23H20F2N2O5S. The number of sulfonamides is 1. The second-order valence-electron chi connectivity index (χ2n) is 7.16. The zero-order chi connectivity index (χ0) is 24.2. The Morgan fingerprint density at radius 3 is 2.21 bits per heavy atom. The van der Waals surface area contributed by atoms with Gasteiger partial charge in [-0.05, 0) is 62.4 Å². The highest BCUT2D eigenvalue weighted by molar-refractivity contribution is 7.92. The largest absolute Gasteiger partial charge is 0.449 e. The maximum Gasteiger partial charge on any atom is 0.338 e. The molecule has 0 spiro atoms. The molecule has 0 saturated heterocycles. The van der Waals surface area contributed by atoms with Crippen molar-refractivity contribution in [3.63, 3.8) is 0 Å². The number of anilines is 2. The Balaban J connectivity index is 1.64. The lowest BCUT2D eigenvalue weighted by Crippen LogP contribution is -2.30. The number of esters is 1. The average Bonchev–Trinajstić information content (AvgIpc) is 2.77. The molecule has 2 N–H and O–H groups in total. The van der Waals surface area contributed by atoms with Crippen LogP contribution in [0.15, 0.2) is 71.6 Å². The number of rotatable bonds is 7. The molecule has 0 radical (unpaired) electrons. The Morgan fingerprint density at radius 2 is 1.58 bits per heavy atom. The number of nitrogens with one attached hydrogen (secondary N) is 2. The second kappa shape index (κ2) is 9.78. The van der Waals surface area contributed by atoms with E-state index < -0.39 is 45.3 Å². The van der Waals surface area contributed by atoms with Crippen molar-refractivity contribution in [2.75, 3.05) is 10.0 Å². The summed E-state index contributed by atoms with van der Waals surface area (Å²) < 4.78 is 59.4. The Kier molecular flexibility index (Phi) is 7.07. The van der Waals surface area contributed by atoms with E-state index in [-0.39, 0.29) is 10.5 Å². The number of amides is 1. The molecule has 0 saturated carbocycles. The van der Waals surface area contributed by atoms with Crippen LogP contribution in [0.3, 0.4) is 0 Å². The van der Waals surface area contributed by atoms with E-state index in [1.54, 1.807) is 24.3 Å². The maximum atomic E-state index is 13.7. The fraction of sp³-hybridized carbons (Fsp3) is 0.130. The van der Waals surface area contributed by atoms with Crippen molar-refractivity contribution in [3.05, 3.63) is 89.5 Å². The molecule has 7 nitrogen and oxygen atoms in total. The highest BCUT2D eigenvalue weighted by atomic mass is 32.2. The highest BCUT2D eigenvalue weighted by Crippen LogP contribution is 2.19. The normalized spacial score (nSPS) is 12.0. The Labute approximate surface area is 189 Å². The van der Waals surface area contributed by atoms with Crippen LogP contribution in [-0.2, 0) is 19.6 Å². The van der Waals surface area contributed by atoms with Crippen LogP contribution >= 0.6 is 0 Å². The van der Waals surface area contributed by atoms with Gasteiger partial charge in [-0.25, -0.2) is 22.0 Å². The fourth-order valence-corrected chi connectivity index (χ4v) is 3.77. The predicted octanol–water partition coefficient (Wildman–Crippen LogP) is 4.26. The predicted molar refractivity (Wildman–Crippen MR) is 118 cm³/mol. The molecule has 33 heavy (non-hydrogen) atoms. The number of carbonyl (C=O) groups excluding carboxylic acids is 2. The van der Waals surface area contributed by atoms with E-state index >= 15 is 0 Å². The number of benzene rings is 3. The first-order valence-corrected chi connectivity index (χ1v) is 11.2. The lowest BCUT2D eigenvalue weighted by molar-refractivity contribution is -0.123. The maximum absolute atomic E-state index is 13.7. The molecular weight excluding hydrogens is 454 g/mol. The van der Waals surface area contributed by atoms with E-state index in [9.17, 15) is 26.8 Å². The molecule has 3 rings (SSSR count). The van der Waals surface area contributed by atoms with E-state index in [1.807, 2.05) is 6.92 Å². The Morgan fingerprint density at radius 1 is 0.939 bits per heavy atom. The third-order valence-corrected chi connectivity index (χ3v) is 5.94. The van der Waals surface area contributed by atoms with Gasteiger partial charge in [-0.2, -0.15) is 0 Å². The topological polar surface area (TPSA) is 102 Å². The van der Waals surface area contributed by atoms with Crippen LogP contribution < -0.4 is 10.0 Å². The van der Waals surface area contributed by atoms with Crippen molar-refractivity contribution < 1.29 is 31.5 Å². The van der Waals surface area contributed by atoms with E-state index in [0.29, 0.717) is 5.69 Å². The van der Waals surface area contributed by atoms with E-state index in [4.69, 9.17) is 4.74 Å². The molecule has 0 bridgehead atoms. The van der Waals surface area contributed by atoms with Gasteiger partial charge < -0.3 is 10.1 Å². The van der Waals surface area contributed by atoms with Gasteiger partial charge in [0.2, 0.25) is 0 Å². The van der Waals surface area contributed by atoms with Crippen molar-refractivity contribution in [2.24, 2.45) is 0 Å². The van der Waals surface area contributed by atoms with E-state index in [0.717, 1.165) is 23.8 Å². The minimum atomic E-state index is -3.88. The standard InChI is InChI=1S/C23H20F2N2O5S/c1-14-3-8-18(9-4-14)27-33(30,31)19-10-5-16(6-11-19)23(29)32-15(2)22(28)26-21-13-17(24)7-12-20(21)25/h3-13,15,27H,1-2H3,(H,26,28). The van der Waals surface area contributed by atoms with Gasteiger partial charge in [-0.15, -0.1) is 0 Å². The number of ether oxygens (including phenoxy) is 1. The summed E-state index contributed by atoms with van der Waals surface area (Å²) in [5, 5.41) is 2.14. The average molecular weight is 474 g/mol. The molecule has 0 aliphatic carbocycles. The number of carbonyl (C=O) groups is 2. The zero-order valence-electron chi connectivity index (χ0n) is 17.6. The summed E-state index contributed by atoms with van der Waals surface area (Å²) in [4.78, 5) is 24.4. The third kappa shape index (κ3) is 6.13. The molecule has 0 aromatic heterocycles. The van der Waals surface area contributed by atoms with Gasteiger partial charge in [0, 0.05) is 11.8 Å². The Bertz CT molecular complexity index is 1280. The SMILES string of the molecule is Cc1ccc(NS(=O)(=O)c2ccc(C(=O)OC(C)C(=O)Nc3cc(F)ccc3F)cc2)cc1. The fourth-order valence-electron chi connectivity index (χ4n) is 2.72. The number of hydrogen-bond acceptors (Lipinski definition) is 5. The van der Waals surface area contributed by atoms with Gasteiger partial charge in [0.1, 0.15) is 11.6 Å². The lowest BCUT2D eigenvalue weighted by Gasteiger charge is -2.14. The monoisotopic (exact) mass is 474 g/mol. The second-order valence-corrected chi connectivity index (χ2v) is 8.84. The van der Waals surface area contributed by atoms with E-state index in [2.05, 4.69) is 10.0 Å². The summed E-state index contributed by atoms with van der Waals surface area (Å²) in [6, 6.07) is 14.2. The van der Waals surface area contributed by atoms with Crippen molar-refractivity contribution in [1.82, 2.24) is 0 Å². The summed E-state index contributed by atoms with van der Waals surface area (Å²) in [5.74, 6) is -3.36. The lowest BCUT2D eigenvalue weighted by atomic mass is 10.2. The zero-order valence-corrected chi connectivity index (χ0v) is 18.5. The molecule has 1 unspecified atom stereocenters. The third-order valence-electron chi connectivity index (χ3n) is 4.54. The summed E-state index contributed by atoms with van der Waals surface area (Å²) in [5.41, 5.74) is 0.975. The smallest absolute Gasteiger partial charge is 0.338 e. The van der Waals surface area contributed by atoms with Gasteiger partial charge in [-0.1, -0.05) is 17.7 Å². The van der Waals surface area contributed by atoms with Gasteiger partial charge >= 0.3 is 5.97 Å². The molecule has 0 aliphatic rings. The first kappa shape index (κ1) is 23.9. The molecule has 10 heteroatoms. The molecule has 172 valence electrons. The van der Waals surface area contributed by atoms with Crippen molar-refractivity contribution in [2.45, 2.75) is 24.8 Å². The highest BCUT2D eigenvalue weighted by Gasteiger charge is 2.21. The summed E-state index contributed by atoms with van der Waals surface area (Å²) in [7, 11) is -3.88. The van der Waals surface area contributed by atoms with Crippen molar-refractivity contribution in [1.29, 1.82) is 0 Å². The van der Waals surface area contributed by atoms with Gasteiger partial charge in [0.15, 0.2) is 6.10 Å². The molecule has 1 amide bonds. The molecule has 1 atom stereocenters. The molecule has 0 aliphatic heterocycles.